The number of carbonyl (C=O) groups is 2. The maximum atomic E-state index is 12.9. The fourth-order valence-electron chi connectivity index (χ4n) is 4.13. The molecule has 1 fully saturated rings. The molecule has 0 amide bonds. The predicted molar refractivity (Wildman–Crippen MR) is 132 cm³/mol. The molecule has 0 atom stereocenters. The molecule has 2 heterocycles. The molecule has 4 rings (SSSR count). The van der Waals surface area contributed by atoms with Crippen LogP contribution in [0.2, 0.25) is 0 Å². The third kappa shape index (κ3) is 4.78. The lowest BCUT2D eigenvalue weighted by Crippen LogP contribution is -2.47. The number of nitrogens with zero attached hydrogens (tertiary/aromatic N) is 4. The van der Waals surface area contributed by atoms with Gasteiger partial charge < -0.3 is 15.5 Å². The van der Waals surface area contributed by atoms with Crippen LogP contribution in [-0.4, -0.2) is 72.8 Å². The Kier molecular flexibility index (Phi) is 7.04. The van der Waals surface area contributed by atoms with Crippen LogP contribution in [0.1, 0.15) is 32.8 Å². The Hall–Kier alpha value is -2.53. The number of anilines is 1. The molecule has 1 aromatic heterocycles. The quantitative estimate of drug-likeness (QED) is 0.310. The van der Waals surface area contributed by atoms with E-state index in [4.69, 9.17) is 0 Å². The standard InChI is InChI=1S/C23H27IN6O2/c1-15-14-18(24)28-23(27-15)30-12-10-29(11-13-30)9-5-8-26-20-19(25-2)21(31)16-6-3-4-7-17(16)22(20)32/h3-4,6-7,14,25-26H,5,8-13H2,1-2H3. The van der Waals surface area contributed by atoms with Crippen LogP contribution >= 0.6 is 22.6 Å². The number of fused-ring (bicyclic) bond motifs is 1. The van der Waals surface area contributed by atoms with E-state index in [1.807, 2.05) is 13.0 Å². The first-order valence-corrected chi connectivity index (χ1v) is 11.9. The van der Waals surface area contributed by atoms with E-state index in [0.717, 1.165) is 54.5 Å². The summed E-state index contributed by atoms with van der Waals surface area (Å²) in [5, 5.41) is 6.13. The van der Waals surface area contributed by atoms with Crippen LogP contribution in [0, 0.1) is 10.6 Å². The second-order valence-corrected chi connectivity index (χ2v) is 9.05. The molecule has 0 bridgehead atoms. The molecule has 1 saturated heterocycles. The summed E-state index contributed by atoms with van der Waals surface area (Å²) in [6.45, 7) is 7.23. The number of hydrogen-bond donors (Lipinski definition) is 2. The van der Waals surface area contributed by atoms with Gasteiger partial charge in [0.15, 0.2) is 0 Å². The molecule has 0 unspecified atom stereocenters. The number of benzene rings is 1. The Balaban J connectivity index is 1.28. The van der Waals surface area contributed by atoms with Crippen molar-refractivity contribution in [1.82, 2.24) is 25.5 Å². The largest absolute Gasteiger partial charge is 0.383 e. The second-order valence-electron chi connectivity index (χ2n) is 7.94. The Morgan fingerprint density at radius 1 is 1.00 bits per heavy atom. The SMILES string of the molecule is CNC1=C(NCCCN2CCN(c3nc(C)cc(I)n3)CC2)C(=O)c2ccccc2C1=O. The van der Waals surface area contributed by atoms with Crippen molar-refractivity contribution in [1.29, 1.82) is 0 Å². The Bertz CT molecular complexity index is 1040. The monoisotopic (exact) mass is 546 g/mol. The van der Waals surface area contributed by atoms with E-state index >= 15 is 0 Å². The van der Waals surface area contributed by atoms with Crippen LogP contribution in [-0.2, 0) is 0 Å². The maximum Gasteiger partial charge on any atom is 0.226 e. The highest BCUT2D eigenvalue weighted by Gasteiger charge is 2.31. The molecule has 1 aliphatic heterocycles. The zero-order chi connectivity index (χ0) is 22.7. The molecule has 9 heteroatoms. The summed E-state index contributed by atoms with van der Waals surface area (Å²) in [5.41, 5.74) is 2.62. The van der Waals surface area contributed by atoms with Crippen molar-refractivity contribution in [3.63, 3.8) is 0 Å². The average Bonchev–Trinajstić information content (AvgIpc) is 2.79. The van der Waals surface area contributed by atoms with Crippen molar-refractivity contribution >= 4 is 40.1 Å². The molecule has 168 valence electrons. The lowest BCUT2D eigenvalue weighted by Gasteiger charge is -2.34. The number of Topliss-reactive ketones (excluding diaryl/α,β-unsaturated/α-hetero) is 2. The molecule has 0 saturated carbocycles. The fraction of sp³-hybridized carbons (Fsp3) is 0.391. The highest BCUT2D eigenvalue weighted by Crippen LogP contribution is 2.23. The lowest BCUT2D eigenvalue weighted by atomic mass is 9.90. The summed E-state index contributed by atoms with van der Waals surface area (Å²) in [4.78, 5) is 39.4. The minimum Gasteiger partial charge on any atom is -0.383 e. The van der Waals surface area contributed by atoms with Crippen LogP contribution in [0.25, 0.3) is 0 Å². The molecule has 2 aliphatic rings. The highest BCUT2D eigenvalue weighted by molar-refractivity contribution is 14.1. The number of allylic oxidation sites excluding steroid dienone is 2. The van der Waals surface area contributed by atoms with Crippen LogP contribution in [0.4, 0.5) is 5.95 Å². The second kappa shape index (κ2) is 9.95. The van der Waals surface area contributed by atoms with Crippen LogP contribution in [0.5, 0.6) is 0 Å². The average molecular weight is 546 g/mol. The van der Waals surface area contributed by atoms with Crippen molar-refractivity contribution in [2.75, 3.05) is 51.2 Å². The molecule has 1 aliphatic carbocycles. The van der Waals surface area contributed by atoms with E-state index < -0.39 is 0 Å². The van der Waals surface area contributed by atoms with Crippen LogP contribution < -0.4 is 15.5 Å². The summed E-state index contributed by atoms with van der Waals surface area (Å²) >= 11 is 2.23. The smallest absolute Gasteiger partial charge is 0.226 e. The predicted octanol–water partition coefficient (Wildman–Crippen LogP) is 2.00. The van der Waals surface area contributed by atoms with Gasteiger partial charge in [0, 0.05) is 56.6 Å². The van der Waals surface area contributed by atoms with E-state index in [9.17, 15) is 9.59 Å². The number of likely N-dealkylation sites (N-methyl/N-ethyl adjacent to an activating group) is 1. The maximum absolute atomic E-state index is 12.9. The molecular formula is C23H27IN6O2. The van der Waals surface area contributed by atoms with Gasteiger partial charge in [-0.2, -0.15) is 0 Å². The Morgan fingerprint density at radius 3 is 2.28 bits per heavy atom. The van der Waals surface area contributed by atoms with Gasteiger partial charge in [0.25, 0.3) is 0 Å². The number of rotatable bonds is 7. The van der Waals surface area contributed by atoms with Gasteiger partial charge >= 0.3 is 0 Å². The van der Waals surface area contributed by atoms with Gasteiger partial charge in [0.05, 0.1) is 0 Å². The molecule has 0 radical (unpaired) electrons. The van der Waals surface area contributed by atoms with Crippen LogP contribution in [0.3, 0.4) is 0 Å². The topological polar surface area (TPSA) is 90.5 Å². The number of hydrogen-bond acceptors (Lipinski definition) is 8. The number of nitrogens with one attached hydrogen (secondary N) is 2. The molecule has 2 N–H and O–H groups in total. The number of piperazine rings is 1. The van der Waals surface area contributed by atoms with E-state index in [0.29, 0.717) is 29.1 Å². The van der Waals surface area contributed by atoms with Gasteiger partial charge in [-0.25, -0.2) is 9.97 Å². The highest BCUT2D eigenvalue weighted by atomic mass is 127. The van der Waals surface area contributed by atoms with Crippen molar-refractivity contribution < 1.29 is 9.59 Å². The lowest BCUT2D eigenvalue weighted by molar-refractivity contribution is 0.0963. The van der Waals surface area contributed by atoms with Crippen molar-refractivity contribution in [2.45, 2.75) is 13.3 Å². The number of aryl methyl sites for hydroxylation is 1. The summed E-state index contributed by atoms with van der Waals surface area (Å²) in [6.07, 6.45) is 0.877. The summed E-state index contributed by atoms with van der Waals surface area (Å²) in [7, 11) is 1.68. The molecule has 0 spiro atoms. The van der Waals surface area contributed by atoms with Gasteiger partial charge in [-0.1, -0.05) is 24.3 Å². The molecule has 1 aromatic carbocycles. The van der Waals surface area contributed by atoms with Gasteiger partial charge in [-0.3, -0.25) is 14.5 Å². The van der Waals surface area contributed by atoms with E-state index in [-0.39, 0.29) is 11.6 Å². The number of aromatic nitrogens is 2. The molecule has 8 nitrogen and oxygen atoms in total. The summed E-state index contributed by atoms with van der Waals surface area (Å²) in [6, 6.07) is 8.95. The molecule has 32 heavy (non-hydrogen) atoms. The van der Waals surface area contributed by atoms with Crippen molar-refractivity contribution in [3.8, 4) is 0 Å². The van der Waals surface area contributed by atoms with E-state index in [1.165, 1.54) is 0 Å². The van der Waals surface area contributed by atoms with Gasteiger partial charge in [-0.15, -0.1) is 0 Å². The van der Waals surface area contributed by atoms with E-state index in [1.54, 1.807) is 31.3 Å². The molecular weight excluding hydrogens is 519 g/mol. The zero-order valence-electron chi connectivity index (χ0n) is 18.3. The Morgan fingerprint density at radius 2 is 1.66 bits per heavy atom. The first-order valence-electron chi connectivity index (χ1n) is 10.8. The third-order valence-corrected chi connectivity index (χ3v) is 6.34. The van der Waals surface area contributed by atoms with Gasteiger partial charge in [-0.05, 0) is 48.5 Å². The normalized spacial score (nSPS) is 16.9. The summed E-state index contributed by atoms with van der Waals surface area (Å²) < 4.78 is 0.965. The van der Waals surface area contributed by atoms with Crippen molar-refractivity contribution in [2.24, 2.45) is 0 Å². The van der Waals surface area contributed by atoms with Gasteiger partial charge in [0.2, 0.25) is 17.5 Å². The third-order valence-electron chi connectivity index (χ3n) is 5.79. The van der Waals surface area contributed by atoms with E-state index in [2.05, 4.69) is 53.0 Å². The fourth-order valence-corrected chi connectivity index (χ4v) is 4.79. The number of carbonyl (C=O) groups excluding carboxylic acids is 2. The first-order chi connectivity index (χ1) is 15.5. The Labute approximate surface area is 201 Å². The number of halogens is 1. The number of ketones is 2. The minimum atomic E-state index is -0.144. The minimum absolute atomic E-state index is 0.133. The molecule has 2 aromatic rings. The summed E-state index contributed by atoms with van der Waals surface area (Å²) in [5.74, 6) is 0.531. The van der Waals surface area contributed by atoms with Crippen LogP contribution in [0.15, 0.2) is 41.7 Å². The first kappa shape index (κ1) is 22.7. The van der Waals surface area contributed by atoms with Crippen molar-refractivity contribution in [3.05, 3.63) is 62.2 Å². The zero-order valence-corrected chi connectivity index (χ0v) is 20.5. The van der Waals surface area contributed by atoms with Gasteiger partial charge in [0.1, 0.15) is 15.1 Å².